The summed E-state index contributed by atoms with van der Waals surface area (Å²) in [5, 5.41) is 6.11. The molecule has 2 amide bonds. The Balaban J connectivity index is 1.35. The van der Waals surface area contributed by atoms with Crippen molar-refractivity contribution in [1.29, 1.82) is 0 Å². The highest BCUT2D eigenvalue weighted by Crippen LogP contribution is 2.20. The smallest absolute Gasteiger partial charge is 0.220 e. The molecular formula is C25H42N2O2. The number of rotatable bonds is 14. The summed E-state index contributed by atoms with van der Waals surface area (Å²) >= 11 is 0. The minimum absolute atomic E-state index is 0.189. The van der Waals surface area contributed by atoms with Gasteiger partial charge in [0.25, 0.3) is 0 Å². The van der Waals surface area contributed by atoms with E-state index < -0.39 is 0 Å². The maximum absolute atomic E-state index is 11.9. The molecule has 0 heterocycles. The van der Waals surface area contributed by atoms with Crippen LogP contribution in [0, 0.1) is 0 Å². The van der Waals surface area contributed by atoms with Gasteiger partial charge in [-0.25, -0.2) is 0 Å². The van der Waals surface area contributed by atoms with E-state index in [-0.39, 0.29) is 11.8 Å². The third-order valence-electron chi connectivity index (χ3n) is 6.11. The number of amides is 2. The molecule has 29 heavy (non-hydrogen) atoms. The molecule has 2 aliphatic carbocycles. The lowest BCUT2D eigenvalue weighted by atomic mass is 9.97. The molecule has 0 aliphatic heterocycles. The van der Waals surface area contributed by atoms with Crippen LogP contribution in [0.25, 0.3) is 0 Å². The summed E-state index contributed by atoms with van der Waals surface area (Å²) in [6.45, 7) is 1.58. The quantitative estimate of drug-likeness (QED) is 0.288. The van der Waals surface area contributed by atoms with Crippen molar-refractivity contribution in [2.24, 2.45) is 0 Å². The molecule has 0 saturated carbocycles. The highest BCUT2D eigenvalue weighted by molar-refractivity contribution is 5.76. The fraction of sp³-hybridized carbons (Fsp3) is 0.760. The van der Waals surface area contributed by atoms with E-state index in [1.807, 2.05) is 0 Å². The first-order valence-corrected chi connectivity index (χ1v) is 12.1. The zero-order chi connectivity index (χ0) is 20.6. The fourth-order valence-electron chi connectivity index (χ4n) is 4.27. The van der Waals surface area contributed by atoms with E-state index in [1.165, 1.54) is 62.5 Å². The van der Waals surface area contributed by atoms with Gasteiger partial charge in [-0.3, -0.25) is 9.59 Å². The van der Waals surface area contributed by atoms with Gasteiger partial charge in [-0.15, -0.1) is 0 Å². The van der Waals surface area contributed by atoms with Crippen molar-refractivity contribution in [3.8, 4) is 0 Å². The van der Waals surface area contributed by atoms with Gasteiger partial charge >= 0.3 is 0 Å². The van der Waals surface area contributed by atoms with Crippen LogP contribution < -0.4 is 10.6 Å². The van der Waals surface area contributed by atoms with Crippen molar-refractivity contribution in [2.75, 3.05) is 13.1 Å². The lowest BCUT2D eigenvalue weighted by Crippen LogP contribution is -2.24. The van der Waals surface area contributed by atoms with Gasteiger partial charge < -0.3 is 10.6 Å². The summed E-state index contributed by atoms with van der Waals surface area (Å²) < 4.78 is 0. The number of unbranched alkanes of at least 4 members (excludes halogenated alkanes) is 4. The van der Waals surface area contributed by atoms with Crippen LogP contribution >= 0.6 is 0 Å². The van der Waals surface area contributed by atoms with Crippen LogP contribution in [-0.4, -0.2) is 24.9 Å². The second-order valence-electron chi connectivity index (χ2n) is 8.68. The van der Waals surface area contributed by atoms with Crippen LogP contribution in [-0.2, 0) is 9.59 Å². The Morgan fingerprint density at radius 3 is 1.52 bits per heavy atom. The fourth-order valence-corrected chi connectivity index (χ4v) is 4.27. The first kappa shape index (κ1) is 23.7. The first-order valence-electron chi connectivity index (χ1n) is 12.1. The molecule has 2 aliphatic rings. The third kappa shape index (κ3) is 11.9. The van der Waals surface area contributed by atoms with Crippen LogP contribution in [0.1, 0.15) is 109 Å². The molecule has 0 aromatic heterocycles. The maximum Gasteiger partial charge on any atom is 0.220 e. The standard InChI is InChI=1S/C25H42N2O2/c28-24(26-20-18-22-12-6-4-7-13-22)16-10-2-1-3-11-17-25(29)27-21-19-23-14-8-5-9-15-23/h12,14H,1-11,13,15-21H2,(H,26,28)(H,27,29). The summed E-state index contributed by atoms with van der Waals surface area (Å²) in [6.07, 6.45) is 23.3. The van der Waals surface area contributed by atoms with Gasteiger partial charge in [0.05, 0.1) is 0 Å². The molecule has 4 nitrogen and oxygen atoms in total. The zero-order valence-corrected chi connectivity index (χ0v) is 18.4. The molecule has 0 aromatic carbocycles. The molecule has 0 atom stereocenters. The summed E-state index contributed by atoms with van der Waals surface area (Å²) in [7, 11) is 0. The third-order valence-corrected chi connectivity index (χ3v) is 6.11. The Kier molecular flexibility index (Phi) is 12.5. The maximum atomic E-state index is 11.9. The Hall–Kier alpha value is -1.58. The second kappa shape index (κ2) is 15.3. The van der Waals surface area contributed by atoms with Gasteiger partial charge in [0.2, 0.25) is 11.8 Å². The summed E-state index contributed by atoms with van der Waals surface area (Å²) in [5.74, 6) is 0.378. The molecule has 4 heteroatoms. The van der Waals surface area contributed by atoms with Gasteiger partial charge in [-0.1, -0.05) is 42.6 Å². The van der Waals surface area contributed by atoms with Crippen molar-refractivity contribution in [1.82, 2.24) is 10.6 Å². The molecule has 0 bridgehead atoms. The van der Waals surface area contributed by atoms with Crippen LogP contribution in [0.5, 0.6) is 0 Å². The van der Waals surface area contributed by atoms with Crippen molar-refractivity contribution in [3.63, 3.8) is 0 Å². The Bertz CT molecular complexity index is 503. The van der Waals surface area contributed by atoms with Gasteiger partial charge in [-0.05, 0) is 77.0 Å². The normalized spacial score (nSPS) is 16.7. The van der Waals surface area contributed by atoms with E-state index in [9.17, 15) is 9.59 Å². The summed E-state index contributed by atoms with van der Waals surface area (Å²) in [5.41, 5.74) is 3.04. The molecule has 2 N–H and O–H groups in total. The van der Waals surface area contributed by atoms with Crippen molar-refractivity contribution >= 4 is 11.8 Å². The monoisotopic (exact) mass is 402 g/mol. The van der Waals surface area contributed by atoms with E-state index >= 15 is 0 Å². The SMILES string of the molecule is O=C(CCCCCCCC(=O)NCCC1=CCCCC1)NCCC1=CCCCC1. The number of carbonyl (C=O) groups excluding carboxylic acids is 2. The number of hydrogen-bond acceptors (Lipinski definition) is 2. The van der Waals surface area contributed by atoms with Crippen LogP contribution in [0.4, 0.5) is 0 Å². The predicted molar refractivity (Wildman–Crippen MR) is 121 cm³/mol. The van der Waals surface area contributed by atoms with E-state index in [4.69, 9.17) is 0 Å². The van der Waals surface area contributed by atoms with E-state index in [1.54, 1.807) is 0 Å². The molecule has 0 fully saturated rings. The molecule has 2 rings (SSSR count). The summed E-state index contributed by atoms with van der Waals surface area (Å²) in [4.78, 5) is 23.8. The number of nitrogens with one attached hydrogen (secondary N) is 2. The predicted octanol–water partition coefficient (Wildman–Crippen LogP) is 5.73. The van der Waals surface area contributed by atoms with Gasteiger partial charge in [0.1, 0.15) is 0 Å². The van der Waals surface area contributed by atoms with Gasteiger partial charge in [0.15, 0.2) is 0 Å². The highest BCUT2D eigenvalue weighted by atomic mass is 16.2. The Morgan fingerprint density at radius 1 is 0.655 bits per heavy atom. The van der Waals surface area contributed by atoms with Crippen LogP contribution in [0.3, 0.4) is 0 Å². The van der Waals surface area contributed by atoms with E-state index in [0.29, 0.717) is 12.8 Å². The molecule has 0 aromatic rings. The summed E-state index contributed by atoms with van der Waals surface area (Å²) in [6, 6.07) is 0. The molecule has 0 spiro atoms. The van der Waals surface area contributed by atoms with Crippen molar-refractivity contribution in [2.45, 2.75) is 109 Å². The molecule has 0 saturated heterocycles. The highest BCUT2D eigenvalue weighted by Gasteiger charge is 2.06. The topological polar surface area (TPSA) is 58.2 Å². The number of hydrogen-bond donors (Lipinski definition) is 2. The number of allylic oxidation sites excluding steroid dienone is 2. The van der Waals surface area contributed by atoms with E-state index in [2.05, 4.69) is 22.8 Å². The largest absolute Gasteiger partial charge is 0.356 e. The van der Waals surface area contributed by atoms with E-state index in [0.717, 1.165) is 58.0 Å². The molecular weight excluding hydrogens is 360 g/mol. The Labute approximate surface area is 178 Å². The lowest BCUT2D eigenvalue weighted by Gasteiger charge is -2.13. The average Bonchev–Trinajstić information content (AvgIpc) is 2.74. The molecule has 0 radical (unpaired) electrons. The van der Waals surface area contributed by atoms with Crippen molar-refractivity contribution < 1.29 is 9.59 Å². The average molecular weight is 403 g/mol. The minimum Gasteiger partial charge on any atom is -0.356 e. The van der Waals surface area contributed by atoms with Crippen LogP contribution in [0.2, 0.25) is 0 Å². The van der Waals surface area contributed by atoms with Crippen molar-refractivity contribution in [3.05, 3.63) is 23.3 Å². The zero-order valence-electron chi connectivity index (χ0n) is 18.4. The Morgan fingerprint density at radius 2 is 1.10 bits per heavy atom. The first-order chi connectivity index (χ1) is 14.2. The lowest BCUT2D eigenvalue weighted by molar-refractivity contribution is -0.121. The van der Waals surface area contributed by atoms with Gasteiger partial charge in [-0.2, -0.15) is 0 Å². The second-order valence-corrected chi connectivity index (χ2v) is 8.68. The van der Waals surface area contributed by atoms with Gasteiger partial charge in [0, 0.05) is 25.9 Å². The molecule has 164 valence electrons. The number of carbonyl (C=O) groups is 2. The minimum atomic E-state index is 0.189. The van der Waals surface area contributed by atoms with Crippen LogP contribution in [0.15, 0.2) is 23.3 Å². The molecule has 0 unspecified atom stereocenters.